The second kappa shape index (κ2) is 6.32. The zero-order valence-corrected chi connectivity index (χ0v) is 13.3. The molecule has 0 saturated carbocycles. The van der Waals surface area contributed by atoms with Gasteiger partial charge in [-0.3, -0.25) is 0 Å². The average Bonchev–Trinajstić information content (AvgIpc) is 2.98. The minimum absolute atomic E-state index is 0. The molecule has 8 heteroatoms. The summed E-state index contributed by atoms with van der Waals surface area (Å²) in [5.74, 6) is 1.21. The first kappa shape index (κ1) is 14.9. The molecule has 3 rings (SSSR count). The Kier molecular flexibility index (Phi) is 4.97. The van der Waals surface area contributed by atoms with E-state index < -0.39 is 0 Å². The van der Waals surface area contributed by atoms with Crippen LogP contribution in [0, 0.1) is 0 Å². The number of thiophene rings is 1. The number of ether oxygens (including phenoxy) is 1. The van der Waals surface area contributed by atoms with Gasteiger partial charge in [-0.25, -0.2) is 0 Å². The van der Waals surface area contributed by atoms with Crippen molar-refractivity contribution in [2.45, 2.75) is 19.1 Å². The van der Waals surface area contributed by atoms with Gasteiger partial charge in [0.25, 0.3) is 0 Å². The molecule has 0 unspecified atom stereocenters. The maximum atomic E-state index is 5.57. The van der Waals surface area contributed by atoms with E-state index in [2.05, 4.69) is 31.4 Å². The van der Waals surface area contributed by atoms with Crippen LogP contribution >= 0.6 is 39.7 Å². The van der Waals surface area contributed by atoms with E-state index in [-0.39, 0.29) is 24.6 Å². The van der Waals surface area contributed by atoms with Crippen LogP contribution in [0.15, 0.2) is 20.4 Å². The maximum absolute atomic E-state index is 5.57. The highest BCUT2D eigenvalue weighted by Gasteiger charge is 2.28. The Hall–Kier alpha value is -0.470. The lowest BCUT2D eigenvalue weighted by Gasteiger charge is -2.27. The van der Waals surface area contributed by atoms with Crippen molar-refractivity contribution in [3.05, 3.63) is 21.8 Å². The SMILES string of the molecule is C[C@H]1OCCN[C@@H]1c1nc(-c2cc(Br)cs2)no1.Cl. The summed E-state index contributed by atoms with van der Waals surface area (Å²) < 4.78 is 11.9. The standard InChI is InChI=1S/C11H12BrN3O2S.ClH/c1-6-9(13-2-3-16-6)11-14-10(15-17-11)8-4-7(12)5-18-8;/h4-6,9,13H,2-3H2,1H3;1H/t6-,9+;/m1./s1. The van der Waals surface area contributed by atoms with Crippen LogP contribution in [0.25, 0.3) is 10.7 Å². The van der Waals surface area contributed by atoms with Gasteiger partial charge in [-0.15, -0.1) is 23.7 Å². The molecule has 0 amide bonds. The van der Waals surface area contributed by atoms with Gasteiger partial charge in [-0.05, 0) is 28.9 Å². The first-order valence-corrected chi connectivity index (χ1v) is 7.34. The minimum Gasteiger partial charge on any atom is -0.375 e. The molecule has 0 spiro atoms. The Bertz CT molecular complexity index is 548. The lowest BCUT2D eigenvalue weighted by molar-refractivity contribution is -0.00136. The molecule has 2 aromatic rings. The van der Waals surface area contributed by atoms with Crippen molar-refractivity contribution < 1.29 is 9.26 Å². The van der Waals surface area contributed by atoms with Crippen LogP contribution in [-0.4, -0.2) is 29.4 Å². The molecule has 1 aliphatic rings. The summed E-state index contributed by atoms with van der Waals surface area (Å²) in [6, 6.07) is 1.96. The van der Waals surface area contributed by atoms with Gasteiger partial charge in [0.2, 0.25) is 11.7 Å². The summed E-state index contributed by atoms with van der Waals surface area (Å²) >= 11 is 4.99. The zero-order chi connectivity index (χ0) is 12.5. The molecule has 0 radical (unpaired) electrons. The number of halogens is 2. The first-order valence-electron chi connectivity index (χ1n) is 5.67. The highest BCUT2D eigenvalue weighted by Crippen LogP contribution is 2.29. The van der Waals surface area contributed by atoms with Crippen molar-refractivity contribution >= 4 is 39.7 Å². The van der Waals surface area contributed by atoms with Crippen molar-refractivity contribution in [2.75, 3.05) is 13.2 Å². The highest BCUT2D eigenvalue weighted by atomic mass is 79.9. The monoisotopic (exact) mass is 365 g/mol. The number of rotatable bonds is 2. The van der Waals surface area contributed by atoms with E-state index in [0.29, 0.717) is 11.7 Å². The van der Waals surface area contributed by atoms with Crippen molar-refractivity contribution in [3.8, 4) is 10.7 Å². The van der Waals surface area contributed by atoms with Gasteiger partial charge in [0, 0.05) is 16.4 Å². The molecule has 1 fully saturated rings. The fourth-order valence-corrected chi connectivity index (χ4v) is 3.25. The smallest absolute Gasteiger partial charge is 0.246 e. The molecular weight excluding hydrogens is 354 g/mol. The van der Waals surface area contributed by atoms with Gasteiger partial charge in [0.15, 0.2) is 0 Å². The van der Waals surface area contributed by atoms with E-state index in [1.165, 1.54) is 0 Å². The number of morpholine rings is 1. The van der Waals surface area contributed by atoms with Gasteiger partial charge in [-0.1, -0.05) is 5.16 Å². The van der Waals surface area contributed by atoms with Crippen LogP contribution in [-0.2, 0) is 4.74 Å². The van der Waals surface area contributed by atoms with Crippen LogP contribution in [0.1, 0.15) is 18.9 Å². The molecule has 5 nitrogen and oxygen atoms in total. The van der Waals surface area contributed by atoms with E-state index in [9.17, 15) is 0 Å². The van der Waals surface area contributed by atoms with Crippen molar-refractivity contribution in [1.82, 2.24) is 15.5 Å². The number of hydrogen-bond acceptors (Lipinski definition) is 6. The quantitative estimate of drug-likeness (QED) is 0.885. The molecule has 104 valence electrons. The summed E-state index contributed by atoms with van der Waals surface area (Å²) in [6.07, 6.45) is 0.0436. The van der Waals surface area contributed by atoms with Crippen LogP contribution < -0.4 is 5.32 Å². The lowest BCUT2D eigenvalue weighted by Crippen LogP contribution is -2.40. The van der Waals surface area contributed by atoms with Crippen LogP contribution in [0.4, 0.5) is 0 Å². The fraction of sp³-hybridized carbons (Fsp3) is 0.455. The Labute approximate surface area is 129 Å². The van der Waals surface area contributed by atoms with Crippen molar-refractivity contribution in [3.63, 3.8) is 0 Å². The predicted molar refractivity (Wildman–Crippen MR) is 78.7 cm³/mol. The highest BCUT2D eigenvalue weighted by molar-refractivity contribution is 9.10. The van der Waals surface area contributed by atoms with E-state index in [4.69, 9.17) is 9.26 Å². The third kappa shape index (κ3) is 3.17. The van der Waals surface area contributed by atoms with Gasteiger partial charge < -0.3 is 14.6 Å². The van der Waals surface area contributed by atoms with Gasteiger partial charge in [-0.2, -0.15) is 4.98 Å². The molecule has 1 aliphatic heterocycles. The molecule has 3 heterocycles. The molecular formula is C11H13BrClN3O2S. The first-order chi connectivity index (χ1) is 8.74. The third-order valence-corrected chi connectivity index (χ3v) is 4.50. The van der Waals surface area contributed by atoms with E-state index in [1.54, 1.807) is 11.3 Å². The molecule has 1 saturated heterocycles. The Morgan fingerprint density at radius 1 is 1.53 bits per heavy atom. The van der Waals surface area contributed by atoms with Crippen LogP contribution in [0.2, 0.25) is 0 Å². The summed E-state index contributed by atoms with van der Waals surface area (Å²) in [5, 5.41) is 9.34. The summed E-state index contributed by atoms with van der Waals surface area (Å²) in [6.45, 7) is 3.52. The van der Waals surface area contributed by atoms with Gasteiger partial charge in [0.05, 0.1) is 17.6 Å². The second-order valence-electron chi connectivity index (χ2n) is 4.09. The van der Waals surface area contributed by atoms with Gasteiger partial charge >= 0.3 is 0 Å². The summed E-state index contributed by atoms with van der Waals surface area (Å²) in [7, 11) is 0. The Morgan fingerprint density at radius 2 is 2.37 bits per heavy atom. The molecule has 2 atom stereocenters. The minimum atomic E-state index is -0.0246. The number of nitrogens with one attached hydrogen (secondary N) is 1. The maximum Gasteiger partial charge on any atom is 0.246 e. The lowest BCUT2D eigenvalue weighted by atomic mass is 10.1. The molecule has 19 heavy (non-hydrogen) atoms. The number of aromatic nitrogens is 2. The second-order valence-corrected chi connectivity index (χ2v) is 5.92. The van der Waals surface area contributed by atoms with Gasteiger partial charge in [0.1, 0.15) is 6.04 Å². The third-order valence-electron chi connectivity index (χ3n) is 2.81. The molecule has 2 aromatic heterocycles. The predicted octanol–water partition coefficient (Wildman–Crippen LogP) is 3.03. The number of hydrogen-bond donors (Lipinski definition) is 1. The Morgan fingerprint density at radius 3 is 3.05 bits per heavy atom. The van der Waals surface area contributed by atoms with Crippen LogP contribution in [0.3, 0.4) is 0 Å². The Balaban J connectivity index is 0.00000133. The molecule has 1 N–H and O–H groups in total. The van der Waals surface area contributed by atoms with E-state index >= 15 is 0 Å². The topological polar surface area (TPSA) is 60.2 Å². The molecule has 0 bridgehead atoms. The van der Waals surface area contributed by atoms with E-state index in [1.807, 2.05) is 18.4 Å². The summed E-state index contributed by atoms with van der Waals surface area (Å²) in [5.41, 5.74) is 0. The van der Waals surface area contributed by atoms with Crippen molar-refractivity contribution in [1.29, 1.82) is 0 Å². The van der Waals surface area contributed by atoms with E-state index in [0.717, 1.165) is 22.5 Å². The average molecular weight is 367 g/mol. The molecule has 0 aliphatic carbocycles. The summed E-state index contributed by atoms with van der Waals surface area (Å²) in [4.78, 5) is 5.42. The fourth-order valence-electron chi connectivity index (χ4n) is 1.90. The zero-order valence-electron chi connectivity index (χ0n) is 10.1. The normalized spacial score (nSPS) is 23.1. The van der Waals surface area contributed by atoms with Crippen molar-refractivity contribution in [2.24, 2.45) is 0 Å². The van der Waals surface area contributed by atoms with Crippen LogP contribution in [0.5, 0.6) is 0 Å². The molecule has 0 aromatic carbocycles. The number of nitrogens with zero attached hydrogens (tertiary/aromatic N) is 2. The largest absolute Gasteiger partial charge is 0.375 e.